The van der Waals surface area contributed by atoms with Gasteiger partial charge in [-0.05, 0) is 61.7 Å². The predicted octanol–water partition coefficient (Wildman–Crippen LogP) is 5.29. The first kappa shape index (κ1) is 36.3. The Kier molecular flexibility index (Phi) is 13.0. The summed E-state index contributed by atoms with van der Waals surface area (Å²) >= 11 is 6.11. The number of carbonyl (C=O) groups excluding carboxylic acids is 2. The van der Waals surface area contributed by atoms with Crippen LogP contribution in [0.3, 0.4) is 0 Å². The molecule has 0 aliphatic heterocycles. The smallest absolute Gasteiger partial charge is 0.265 e. The summed E-state index contributed by atoms with van der Waals surface area (Å²) < 4.78 is 51.4. The number of hydrogen-bond acceptors (Lipinski definition) is 8. The number of nitrogens with zero attached hydrogens (tertiary/aromatic N) is 2. The van der Waals surface area contributed by atoms with Crippen LogP contribution in [0.2, 0.25) is 5.02 Å². The van der Waals surface area contributed by atoms with Crippen LogP contribution < -0.4 is 28.6 Å². The van der Waals surface area contributed by atoms with Crippen LogP contribution in [0.1, 0.15) is 39.2 Å². The van der Waals surface area contributed by atoms with Crippen LogP contribution in [0, 0.1) is 0 Å². The lowest BCUT2D eigenvalue weighted by atomic mass is 10.1. The Labute approximate surface area is 276 Å². The molecule has 3 rings (SSSR count). The van der Waals surface area contributed by atoms with Crippen molar-refractivity contribution in [1.82, 2.24) is 10.2 Å². The minimum absolute atomic E-state index is 0.0297. The normalized spacial score (nSPS) is 12.4. The molecule has 0 aromatic heterocycles. The van der Waals surface area contributed by atoms with E-state index in [2.05, 4.69) is 5.32 Å². The Morgan fingerprint density at radius 1 is 0.826 bits per heavy atom. The van der Waals surface area contributed by atoms with E-state index in [0.717, 1.165) is 4.31 Å². The first-order valence-electron chi connectivity index (χ1n) is 14.7. The second-order valence-electron chi connectivity index (χ2n) is 10.5. The Hall–Kier alpha value is -4.16. The van der Waals surface area contributed by atoms with Gasteiger partial charge in [-0.25, -0.2) is 8.42 Å². The quantitative estimate of drug-likeness (QED) is 0.217. The summed E-state index contributed by atoms with van der Waals surface area (Å²) in [6, 6.07) is 14.7. The van der Waals surface area contributed by atoms with E-state index >= 15 is 0 Å². The second-order valence-corrected chi connectivity index (χ2v) is 12.8. The molecule has 250 valence electrons. The molecule has 0 saturated carbocycles. The SMILES string of the molecule is CC[C@H](C(=O)N[C@@H](C)CC)N(Cc1ccc(Cl)cc1)C(=O)CN(c1cc(OC)ccc1OC)S(=O)(=O)c1ccc(OC)c(OC)c1. The first-order valence-corrected chi connectivity index (χ1v) is 16.6. The minimum atomic E-state index is -4.46. The molecule has 0 spiro atoms. The average Bonchev–Trinajstić information content (AvgIpc) is 3.06. The molecule has 46 heavy (non-hydrogen) atoms. The number of benzene rings is 3. The van der Waals surface area contributed by atoms with E-state index in [-0.39, 0.29) is 47.0 Å². The third-order valence-electron chi connectivity index (χ3n) is 7.53. The maximum Gasteiger partial charge on any atom is 0.265 e. The molecule has 0 bridgehead atoms. The standard InChI is InChI=1S/C33H42ClN3O8S/c1-8-22(3)35-33(39)27(9-2)36(20-23-10-12-24(34)13-11-23)32(38)21-37(28-18-25(42-4)14-16-29(28)43-5)46(40,41)26-15-17-30(44-6)31(19-26)45-7/h10-19,22,27H,8-9,20-21H2,1-7H3,(H,35,39)/t22-,27+/m0/s1. The molecule has 0 fully saturated rings. The summed E-state index contributed by atoms with van der Waals surface area (Å²) in [5, 5.41) is 3.47. The minimum Gasteiger partial charge on any atom is -0.497 e. The van der Waals surface area contributed by atoms with Crippen LogP contribution in [-0.4, -0.2) is 72.2 Å². The Morgan fingerprint density at radius 3 is 2.02 bits per heavy atom. The van der Waals surface area contributed by atoms with E-state index in [1.807, 2.05) is 13.8 Å². The van der Waals surface area contributed by atoms with E-state index < -0.39 is 28.5 Å². The molecule has 2 amide bonds. The van der Waals surface area contributed by atoms with Gasteiger partial charge in [0.15, 0.2) is 11.5 Å². The topological polar surface area (TPSA) is 124 Å². The largest absolute Gasteiger partial charge is 0.497 e. The molecule has 0 heterocycles. The molecule has 2 atom stereocenters. The fraction of sp³-hybridized carbons (Fsp3) is 0.394. The van der Waals surface area contributed by atoms with E-state index in [1.165, 1.54) is 57.6 Å². The fourth-order valence-corrected chi connectivity index (χ4v) is 6.31. The van der Waals surface area contributed by atoms with Crippen molar-refractivity contribution in [3.8, 4) is 23.0 Å². The van der Waals surface area contributed by atoms with Crippen molar-refractivity contribution in [2.24, 2.45) is 0 Å². The number of hydrogen-bond donors (Lipinski definition) is 1. The van der Waals surface area contributed by atoms with E-state index in [0.29, 0.717) is 28.5 Å². The van der Waals surface area contributed by atoms with Gasteiger partial charge >= 0.3 is 0 Å². The molecule has 13 heteroatoms. The molecular weight excluding hydrogens is 634 g/mol. The Bertz CT molecular complexity index is 1600. The lowest BCUT2D eigenvalue weighted by molar-refractivity contribution is -0.140. The third-order valence-corrected chi connectivity index (χ3v) is 9.54. The van der Waals surface area contributed by atoms with Crippen molar-refractivity contribution in [2.75, 3.05) is 39.3 Å². The fourth-order valence-electron chi connectivity index (χ4n) is 4.76. The van der Waals surface area contributed by atoms with E-state index in [4.69, 9.17) is 30.5 Å². The van der Waals surface area contributed by atoms with Crippen LogP contribution in [0.25, 0.3) is 0 Å². The number of nitrogens with one attached hydrogen (secondary N) is 1. The van der Waals surface area contributed by atoms with Crippen LogP contribution in [0.4, 0.5) is 5.69 Å². The van der Waals surface area contributed by atoms with Crippen LogP contribution in [-0.2, 0) is 26.2 Å². The average molecular weight is 676 g/mol. The second kappa shape index (κ2) is 16.4. The molecule has 0 saturated heterocycles. The van der Waals surface area contributed by atoms with Gasteiger partial charge in [-0.1, -0.05) is 37.6 Å². The zero-order valence-corrected chi connectivity index (χ0v) is 28.8. The molecule has 0 unspecified atom stereocenters. The lowest BCUT2D eigenvalue weighted by Crippen LogP contribution is -2.53. The number of sulfonamides is 1. The van der Waals surface area contributed by atoms with Crippen molar-refractivity contribution >= 4 is 39.1 Å². The van der Waals surface area contributed by atoms with Crippen molar-refractivity contribution in [3.63, 3.8) is 0 Å². The number of ether oxygens (including phenoxy) is 4. The van der Waals surface area contributed by atoms with Gasteiger partial charge in [0.1, 0.15) is 24.1 Å². The summed E-state index contributed by atoms with van der Waals surface area (Å²) in [4.78, 5) is 29.1. The molecule has 1 N–H and O–H groups in total. The van der Waals surface area contributed by atoms with Gasteiger partial charge in [0.05, 0.1) is 39.0 Å². The molecule has 3 aromatic carbocycles. The van der Waals surface area contributed by atoms with Gasteiger partial charge in [0.25, 0.3) is 10.0 Å². The zero-order valence-electron chi connectivity index (χ0n) is 27.2. The highest BCUT2D eigenvalue weighted by atomic mass is 35.5. The van der Waals surface area contributed by atoms with Gasteiger partial charge in [0.2, 0.25) is 11.8 Å². The van der Waals surface area contributed by atoms with Crippen LogP contribution in [0.15, 0.2) is 65.6 Å². The number of amides is 2. The van der Waals surface area contributed by atoms with Crippen molar-refractivity contribution in [3.05, 3.63) is 71.2 Å². The molecule has 11 nitrogen and oxygen atoms in total. The molecule has 0 radical (unpaired) electrons. The summed E-state index contributed by atoms with van der Waals surface area (Å²) in [6.45, 7) is 4.98. The summed E-state index contributed by atoms with van der Waals surface area (Å²) in [7, 11) is 1.22. The molecule has 0 aliphatic carbocycles. The number of methoxy groups -OCH3 is 4. The summed E-state index contributed by atoms with van der Waals surface area (Å²) in [6.07, 6.45) is 0.979. The van der Waals surface area contributed by atoms with Gasteiger partial charge < -0.3 is 29.2 Å². The van der Waals surface area contributed by atoms with Gasteiger partial charge in [-0.2, -0.15) is 0 Å². The maximum absolute atomic E-state index is 14.4. The van der Waals surface area contributed by atoms with Gasteiger partial charge in [0, 0.05) is 29.7 Å². The third kappa shape index (κ3) is 8.55. The first-order chi connectivity index (χ1) is 21.9. The number of rotatable bonds is 16. The predicted molar refractivity (Wildman–Crippen MR) is 178 cm³/mol. The monoisotopic (exact) mass is 675 g/mol. The number of halogens is 1. The van der Waals surface area contributed by atoms with Gasteiger partial charge in [-0.15, -0.1) is 0 Å². The summed E-state index contributed by atoms with van der Waals surface area (Å²) in [5.74, 6) is 0.0823. The summed E-state index contributed by atoms with van der Waals surface area (Å²) in [5.41, 5.74) is 0.773. The van der Waals surface area contributed by atoms with Crippen LogP contribution >= 0.6 is 11.6 Å². The lowest BCUT2D eigenvalue weighted by Gasteiger charge is -2.34. The Morgan fingerprint density at radius 2 is 1.46 bits per heavy atom. The Balaban J connectivity index is 2.19. The van der Waals surface area contributed by atoms with Crippen molar-refractivity contribution in [2.45, 2.75) is 57.1 Å². The highest BCUT2D eigenvalue weighted by Crippen LogP contribution is 2.38. The van der Waals surface area contributed by atoms with Crippen LogP contribution in [0.5, 0.6) is 23.0 Å². The number of anilines is 1. The molecule has 0 aliphatic rings. The highest BCUT2D eigenvalue weighted by molar-refractivity contribution is 7.92. The van der Waals surface area contributed by atoms with Gasteiger partial charge in [-0.3, -0.25) is 13.9 Å². The van der Waals surface area contributed by atoms with Crippen molar-refractivity contribution < 1.29 is 37.0 Å². The van der Waals surface area contributed by atoms with E-state index in [1.54, 1.807) is 43.3 Å². The number of carbonyl (C=O) groups is 2. The van der Waals surface area contributed by atoms with Crippen molar-refractivity contribution in [1.29, 1.82) is 0 Å². The van der Waals surface area contributed by atoms with E-state index in [9.17, 15) is 18.0 Å². The molecular formula is C33H42ClN3O8S. The zero-order chi connectivity index (χ0) is 34.0. The maximum atomic E-state index is 14.4. The highest BCUT2D eigenvalue weighted by Gasteiger charge is 2.35. The molecule has 3 aromatic rings.